The Kier molecular flexibility index (Phi) is 10.3. The first kappa shape index (κ1) is 22.7. The standard InChI is InChI=1S/C18H28BrN3O2.HI/c1-3-20-17(21-11-15-4-5-16(19)10-14(15)2)22-12-18(6-8-23)7-9-24-13-18;/h4-5,10,23H,3,6-9,11-13H2,1-2H3,(H2,20,21,22);1H. The van der Waals surface area contributed by atoms with Gasteiger partial charge in [-0.15, -0.1) is 24.0 Å². The van der Waals surface area contributed by atoms with E-state index in [9.17, 15) is 5.11 Å². The molecule has 1 aromatic carbocycles. The fraction of sp³-hybridized carbons (Fsp3) is 0.611. The van der Waals surface area contributed by atoms with E-state index in [4.69, 9.17) is 9.73 Å². The molecular formula is C18H29BrIN3O2. The largest absolute Gasteiger partial charge is 0.396 e. The lowest BCUT2D eigenvalue weighted by molar-refractivity contribution is 0.127. The average Bonchev–Trinajstić information content (AvgIpc) is 3.01. The molecule has 1 aromatic rings. The molecular weight excluding hydrogens is 497 g/mol. The Morgan fingerprint density at radius 1 is 1.40 bits per heavy atom. The molecule has 0 radical (unpaired) electrons. The van der Waals surface area contributed by atoms with Crippen LogP contribution in [0.15, 0.2) is 27.7 Å². The van der Waals surface area contributed by atoms with Crippen molar-refractivity contribution in [3.8, 4) is 0 Å². The first-order valence-electron chi connectivity index (χ1n) is 8.54. The molecule has 7 heteroatoms. The fourth-order valence-electron chi connectivity index (χ4n) is 2.93. The van der Waals surface area contributed by atoms with Crippen molar-refractivity contribution in [3.63, 3.8) is 0 Å². The molecule has 1 heterocycles. The van der Waals surface area contributed by atoms with Crippen LogP contribution < -0.4 is 10.6 Å². The number of ether oxygens (including phenoxy) is 1. The number of aliphatic hydroxyl groups is 1. The van der Waals surface area contributed by atoms with Gasteiger partial charge in [0.25, 0.3) is 0 Å². The number of halogens is 2. The third kappa shape index (κ3) is 7.03. The van der Waals surface area contributed by atoms with Gasteiger partial charge in [0.05, 0.1) is 13.2 Å². The maximum absolute atomic E-state index is 9.33. The van der Waals surface area contributed by atoms with Crippen LogP contribution in [0.1, 0.15) is 30.9 Å². The number of aliphatic imine (C=N–C) groups is 1. The lowest BCUT2D eigenvalue weighted by atomic mass is 9.84. The van der Waals surface area contributed by atoms with Gasteiger partial charge in [0, 0.05) is 36.2 Å². The maximum Gasteiger partial charge on any atom is 0.191 e. The molecule has 0 aliphatic carbocycles. The van der Waals surface area contributed by atoms with E-state index in [1.807, 2.05) is 6.07 Å². The second-order valence-corrected chi connectivity index (χ2v) is 7.31. The molecule has 0 spiro atoms. The Bertz CT molecular complexity index is 563. The number of aliphatic hydroxyl groups excluding tert-OH is 1. The first-order chi connectivity index (χ1) is 11.6. The van der Waals surface area contributed by atoms with E-state index in [2.05, 4.69) is 52.5 Å². The van der Waals surface area contributed by atoms with Gasteiger partial charge in [-0.2, -0.15) is 0 Å². The summed E-state index contributed by atoms with van der Waals surface area (Å²) in [6.45, 7) is 8.04. The van der Waals surface area contributed by atoms with Gasteiger partial charge in [0.15, 0.2) is 5.96 Å². The van der Waals surface area contributed by atoms with Gasteiger partial charge < -0.3 is 20.5 Å². The van der Waals surface area contributed by atoms with E-state index in [1.165, 1.54) is 11.1 Å². The molecule has 2 rings (SSSR count). The summed E-state index contributed by atoms with van der Waals surface area (Å²) in [5.41, 5.74) is 2.45. The molecule has 3 N–H and O–H groups in total. The molecule has 25 heavy (non-hydrogen) atoms. The summed E-state index contributed by atoms with van der Waals surface area (Å²) in [6, 6.07) is 6.26. The van der Waals surface area contributed by atoms with Crippen LogP contribution in [0.2, 0.25) is 0 Å². The molecule has 1 aliphatic rings. The summed E-state index contributed by atoms with van der Waals surface area (Å²) in [6.07, 6.45) is 1.73. The molecule has 0 bridgehead atoms. The van der Waals surface area contributed by atoms with Gasteiger partial charge in [-0.25, -0.2) is 4.99 Å². The van der Waals surface area contributed by atoms with Crippen molar-refractivity contribution in [1.29, 1.82) is 0 Å². The molecule has 0 amide bonds. The average molecular weight is 526 g/mol. The Hall–Kier alpha value is -0.380. The maximum atomic E-state index is 9.33. The van der Waals surface area contributed by atoms with Gasteiger partial charge in [-0.1, -0.05) is 22.0 Å². The summed E-state index contributed by atoms with van der Waals surface area (Å²) in [4.78, 5) is 4.70. The molecule has 0 aromatic heterocycles. The van der Waals surface area contributed by atoms with E-state index >= 15 is 0 Å². The minimum Gasteiger partial charge on any atom is -0.396 e. The minimum atomic E-state index is 0. The lowest BCUT2D eigenvalue weighted by Gasteiger charge is -2.27. The smallest absolute Gasteiger partial charge is 0.191 e. The van der Waals surface area contributed by atoms with Crippen molar-refractivity contribution in [2.24, 2.45) is 10.4 Å². The predicted octanol–water partition coefficient (Wildman–Crippen LogP) is 3.22. The Labute approximate surface area is 176 Å². The number of nitrogens with zero attached hydrogens (tertiary/aromatic N) is 1. The number of hydrogen-bond acceptors (Lipinski definition) is 3. The molecule has 1 aliphatic heterocycles. The minimum absolute atomic E-state index is 0. The zero-order chi connectivity index (χ0) is 17.4. The summed E-state index contributed by atoms with van der Waals surface area (Å²) in [5, 5.41) is 16.1. The topological polar surface area (TPSA) is 65.9 Å². The Balaban J connectivity index is 0.00000312. The van der Waals surface area contributed by atoms with Crippen molar-refractivity contribution in [1.82, 2.24) is 10.6 Å². The highest BCUT2D eigenvalue weighted by atomic mass is 127. The number of guanidine groups is 1. The summed E-state index contributed by atoms with van der Waals surface area (Å²) in [5.74, 6) is 0.809. The van der Waals surface area contributed by atoms with Crippen LogP contribution in [-0.4, -0.2) is 44.0 Å². The SMILES string of the molecule is CCNC(=NCc1ccc(Br)cc1C)NCC1(CCO)CCOC1.I. The van der Waals surface area contributed by atoms with Crippen LogP contribution in [0.5, 0.6) is 0 Å². The normalized spacial score (nSPS) is 20.2. The van der Waals surface area contributed by atoms with E-state index in [0.717, 1.165) is 43.0 Å². The second kappa shape index (κ2) is 11.4. The lowest BCUT2D eigenvalue weighted by Crippen LogP contribution is -2.44. The van der Waals surface area contributed by atoms with Gasteiger partial charge in [-0.3, -0.25) is 0 Å². The van der Waals surface area contributed by atoms with Gasteiger partial charge in [0.2, 0.25) is 0 Å². The molecule has 1 unspecified atom stereocenters. The first-order valence-corrected chi connectivity index (χ1v) is 9.34. The van der Waals surface area contributed by atoms with Gasteiger partial charge >= 0.3 is 0 Å². The number of hydrogen-bond donors (Lipinski definition) is 3. The van der Waals surface area contributed by atoms with E-state index in [1.54, 1.807) is 0 Å². The van der Waals surface area contributed by atoms with Crippen LogP contribution in [0.3, 0.4) is 0 Å². The van der Waals surface area contributed by atoms with Crippen molar-refractivity contribution in [2.75, 3.05) is 32.9 Å². The number of aryl methyl sites for hydroxylation is 1. The fourth-order valence-corrected chi connectivity index (χ4v) is 3.40. The molecule has 1 fully saturated rings. The molecule has 1 saturated heterocycles. The monoisotopic (exact) mass is 525 g/mol. The quantitative estimate of drug-likeness (QED) is 0.290. The number of benzene rings is 1. The summed E-state index contributed by atoms with van der Waals surface area (Å²) < 4.78 is 6.63. The van der Waals surface area contributed by atoms with Crippen LogP contribution in [0.25, 0.3) is 0 Å². The van der Waals surface area contributed by atoms with Crippen LogP contribution in [-0.2, 0) is 11.3 Å². The summed E-state index contributed by atoms with van der Waals surface area (Å²) >= 11 is 3.49. The zero-order valence-corrected chi connectivity index (χ0v) is 18.9. The van der Waals surface area contributed by atoms with Crippen LogP contribution >= 0.6 is 39.9 Å². The van der Waals surface area contributed by atoms with E-state index in [-0.39, 0.29) is 36.0 Å². The molecule has 0 saturated carbocycles. The van der Waals surface area contributed by atoms with Crippen LogP contribution in [0.4, 0.5) is 0 Å². The van der Waals surface area contributed by atoms with Gasteiger partial charge in [-0.05, 0) is 49.9 Å². The van der Waals surface area contributed by atoms with E-state index in [0.29, 0.717) is 13.2 Å². The Morgan fingerprint density at radius 3 is 2.80 bits per heavy atom. The van der Waals surface area contributed by atoms with Crippen molar-refractivity contribution >= 4 is 45.9 Å². The van der Waals surface area contributed by atoms with Gasteiger partial charge in [0.1, 0.15) is 0 Å². The Morgan fingerprint density at radius 2 is 2.20 bits per heavy atom. The molecule has 142 valence electrons. The van der Waals surface area contributed by atoms with Crippen molar-refractivity contribution in [3.05, 3.63) is 33.8 Å². The number of rotatable bonds is 7. The third-order valence-electron chi connectivity index (χ3n) is 4.51. The summed E-state index contributed by atoms with van der Waals surface area (Å²) in [7, 11) is 0. The molecule has 5 nitrogen and oxygen atoms in total. The third-order valence-corrected chi connectivity index (χ3v) is 5.01. The van der Waals surface area contributed by atoms with Crippen LogP contribution in [0, 0.1) is 12.3 Å². The van der Waals surface area contributed by atoms with E-state index < -0.39 is 0 Å². The second-order valence-electron chi connectivity index (χ2n) is 6.40. The van der Waals surface area contributed by atoms with Crippen molar-refractivity contribution in [2.45, 2.75) is 33.2 Å². The zero-order valence-electron chi connectivity index (χ0n) is 15.0. The highest BCUT2D eigenvalue weighted by Gasteiger charge is 2.34. The predicted molar refractivity (Wildman–Crippen MR) is 117 cm³/mol. The highest BCUT2D eigenvalue weighted by Crippen LogP contribution is 2.31. The molecule has 1 atom stereocenters. The van der Waals surface area contributed by atoms with Crippen molar-refractivity contribution < 1.29 is 9.84 Å². The highest BCUT2D eigenvalue weighted by molar-refractivity contribution is 14.0. The number of nitrogens with one attached hydrogen (secondary N) is 2.